The SMILES string of the molecule is O=C(CCC(=O)c1ccccc1)NC[C@@H](c1ccco1)[NH+]1CCCC1. The van der Waals surface area contributed by atoms with Crippen LogP contribution in [0, 0.1) is 0 Å². The third-order valence-electron chi connectivity index (χ3n) is 4.80. The molecule has 0 unspecified atom stereocenters. The number of furan rings is 1. The fraction of sp³-hybridized carbons (Fsp3) is 0.400. The van der Waals surface area contributed by atoms with E-state index in [0.29, 0.717) is 12.1 Å². The lowest BCUT2D eigenvalue weighted by atomic mass is 10.1. The number of hydrogen-bond donors (Lipinski definition) is 2. The van der Waals surface area contributed by atoms with Crippen molar-refractivity contribution < 1.29 is 18.9 Å². The van der Waals surface area contributed by atoms with Gasteiger partial charge in [-0.15, -0.1) is 0 Å². The molecule has 1 atom stereocenters. The molecule has 2 N–H and O–H groups in total. The maximum Gasteiger partial charge on any atom is 0.220 e. The van der Waals surface area contributed by atoms with Gasteiger partial charge in [0.2, 0.25) is 5.91 Å². The summed E-state index contributed by atoms with van der Waals surface area (Å²) in [6.07, 6.45) is 4.56. The van der Waals surface area contributed by atoms with Crippen LogP contribution in [-0.4, -0.2) is 31.3 Å². The fourth-order valence-corrected chi connectivity index (χ4v) is 3.41. The maximum atomic E-state index is 12.2. The molecule has 5 heteroatoms. The van der Waals surface area contributed by atoms with Crippen LogP contribution in [0.1, 0.15) is 47.8 Å². The van der Waals surface area contributed by atoms with Gasteiger partial charge in [-0.25, -0.2) is 0 Å². The van der Waals surface area contributed by atoms with Crippen LogP contribution in [0.15, 0.2) is 53.1 Å². The number of Topliss-reactive ketones (excluding diaryl/α,β-unsaturated/α-hetero) is 1. The van der Waals surface area contributed by atoms with E-state index < -0.39 is 0 Å². The van der Waals surface area contributed by atoms with Gasteiger partial charge in [-0.3, -0.25) is 9.59 Å². The van der Waals surface area contributed by atoms with Crippen LogP contribution in [-0.2, 0) is 4.79 Å². The van der Waals surface area contributed by atoms with Crippen LogP contribution in [0.5, 0.6) is 0 Å². The van der Waals surface area contributed by atoms with Crippen molar-refractivity contribution in [1.29, 1.82) is 0 Å². The van der Waals surface area contributed by atoms with E-state index in [4.69, 9.17) is 4.42 Å². The van der Waals surface area contributed by atoms with Crippen LogP contribution in [0.2, 0.25) is 0 Å². The number of likely N-dealkylation sites (tertiary alicyclic amines) is 1. The molecule has 5 nitrogen and oxygen atoms in total. The van der Waals surface area contributed by atoms with Gasteiger partial charge < -0.3 is 14.6 Å². The van der Waals surface area contributed by atoms with Crippen molar-refractivity contribution in [2.75, 3.05) is 19.6 Å². The van der Waals surface area contributed by atoms with Gasteiger partial charge in [0.1, 0.15) is 0 Å². The Morgan fingerprint density at radius 3 is 2.48 bits per heavy atom. The zero-order chi connectivity index (χ0) is 17.5. The summed E-state index contributed by atoms with van der Waals surface area (Å²) in [7, 11) is 0. The lowest BCUT2D eigenvalue weighted by Crippen LogP contribution is -3.11. The molecule has 0 aliphatic carbocycles. The predicted octanol–water partition coefficient (Wildman–Crippen LogP) is 1.78. The number of carbonyl (C=O) groups excluding carboxylic acids is 2. The minimum atomic E-state index is -0.0839. The number of nitrogens with one attached hydrogen (secondary N) is 2. The highest BCUT2D eigenvalue weighted by Gasteiger charge is 2.29. The molecule has 2 aromatic rings. The molecule has 1 aromatic heterocycles. The van der Waals surface area contributed by atoms with Crippen molar-refractivity contribution in [2.45, 2.75) is 31.7 Å². The average Bonchev–Trinajstić information content (AvgIpc) is 3.35. The molecule has 0 bridgehead atoms. The molecule has 2 heterocycles. The molecule has 1 amide bonds. The van der Waals surface area contributed by atoms with Gasteiger partial charge in [-0.05, 0) is 12.1 Å². The molecule has 0 radical (unpaired) electrons. The second kappa shape index (κ2) is 8.62. The number of carbonyl (C=O) groups is 2. The summed E-state index contributed by atoms with van der Waals surface area (Å²) in [5.74, 6) is 0.834. The Labute approximate surface area is 148 Å². The zero-order valence-electron chi connectivity index (χ0n) is 14.4. The Hall–Kier alpha value is -2.40. The number of hydrogen-bond acceptors (Lipinski definition) is 3. The van der Waals surface area contributed by atoms with Gasteiger partial charge in [0.05, 0.1) is 25.9 Å². The molecular formula is C20H25N2O3+. The lowest BCUT2D eigenvalue weighted by Gasteiger charge is -2.23. The number of ketones is 1. The fourth-order valence-electron chi connectivity index (χ4n) is 3.41. The van der Waals surface area contributed by atoms with E-state index >= 15 is 0 Å². The Morgan fingerprint density at radius 2 is 1.80 bits per heavy atom. The van der Waals surface area contributed by atoms with E-state index in [9.17, 15) is 9.59 Å². The van der Waals surface area contributed by atoms with Gasteiger partial charge in [0.15, 0.2) is 17.6 Å². The van der Waals surface area contributed by atoms with Crippen LogP contribution < -0.4 is 10.2 Å². The summed E-state index contributed by atoms with van der Waals surface area (Å²) in [5, 5.41) is 2.98. The topological polar surface area (TPSA) is 63.8 Å². The van der Waals surface area contributed by atoms with Crippen molar-refractivity contribution in [3.63, 3.8) is 0 Å². The molecule has 132 valence electrons. The van der Waals surface area contributed by atoms with E-state index in [2.05, 4.69) is 5.32 Å². The second-order valence-corrected chi connectivity index (χ2v) is 6.53. The largest absolute Gasteiger partial charge is 0.463 e. The molecule has 3 rings (SSSR count). The third-order valence-corrected chi connectivity index (χ3v) is 4.80. The van der Waals surface area contributed by atoms with E-state index in [1.165, 1.54) is 17.7 Å². The minimum absolute atomic E-state index is 0.00324. The van der Waals surface area contributed by atoms with Gasteiger partial charge in [-0.2, -0.15) is 0 Å². The van der Waals surface area contributed by atoms with Gasteiger partial charge >= 0.3 is 0 Å². The Balaban J connectivity index is 1.49. The standard InChI is InChI=1S/C20H24N2O3/c23-18(16-7-2-1-3-8-16)10-11-20(24)21-15-17(19-9-6-14-25-19)22-12-4-5-13-22/h1-3,6-9,14,17H,4-5,10-13,15H2,(H,21,24)/p+1/t17-/m0/s1. The molecule has 1 aliphatic heterocycles. The molecule has 1 aliphatic rings. The van der Waals surface area contributed by atoms with Crippen molar-refractivity contribution >= 4 is 11.7 Å². The highest BCUT2D eigenvalue weighted by Crippen LogP contribution is 2.11. The summed E-state index contributed by atoms with van der Waals surface area (Å²) in [6, 6.07) is 13.1. The smallest absolute Gasteiger partial charge is 0.220 e. The van der Waals surface area contributed by atoms with Crippen molar-refractivity contribution in [3.05, 3.63) is 60.1 Å². The van der Waals surface area contributed by atoms with Crippen molar-refractivity contribution in [3.8, 4) is 0 Å². The highest BCUT2D eigenvalue weighted by molar-refractivity contribution is 5.97. The average molecular weight is 341 g/mol. The second-order valence-electron chi connectivity index (χ2n) is 6.53. The first-order valence-corrected chi connectivity index (χ1v) is 8.97. The number of benzene rings is 1. The summed E-state index contributed by atoms with van der Waals surface area (Å²) < 4.78 is 5.57. The van der Waals surface area contributed by atoms with E-state index in [1.807, 2.05) is 30.3 Å². The molecule has 0 spiro atoms. The summed E-state index contributed by atoms with van der Waals surface area (Å²) in [6.45, 7) is 2.75. The van der Waals surface area contributed by atoms with E-state index in [0.717, 1.165) is 18.8 Å². The van der Waals surface area contributed by atoms with Crippen LogP contribution in [0.3, 0.4) is 0 Å². The normalized spacial score (nSPS) is 15.8. The summed E-state index contributed by atoms with van der Waals surface area (Å²) in [4.78, 5) is 25.7. The Morgan fingerprint density at radius 1 is 1.04 bits per heavy atom. The van der Waals surface area contributed by atoms with Crippen LogP contribution in [0.25, 0.3) is 0 Å². The molecular weight excluding hydrogens is 316 g/mol. The first kappa shape index (κ1) is 17.4. The number of amides is 1. The highest BCUT2D eigenvalue weighted by atomic mass is 16.3. The molecule has 1 aromatic carbocycles. The van der Waals surface area contributed by atoms with E-state index in [-0.39, 0.29) is 30.6 Å². The van der Waals surface area contributed by atoms with Crippen LogP contribution in [0.4, 0.5) is 0 Å². The van der Waals surface area contributed by atoms with E-state index in [1.54, 1.807) is 18.4 Å². The molecule has 1 saturated heterocycles. The number of rotatable bonds is 8. The van der Waals surface area contributed by atoms with Gasteiger partial charge in [0.25, 0.3) is 0 Å². The quantitative estimate of drug-likeness (QED) is 0.720. The van der Waals surface area contributed by atoms with Crippen molar-refractivity contribution in [1.82, 2.24) is 5.32 Å². The minimum Gasteiger partial charge on any atom is -0.463 e. The van der Waals surface area contributed by atoms with Crippen molar-refractivity contribution in [2.24, 2.45) is 0 Å². The Kier molecular flexibility index (Phi) is 6.01. The molecule has 1 fully saturated rings. The zero-order valence-corrected chi connectivity index (χ0v) is 14.4. The summed E-state index contributed by atoms with van der Waals surface area (Å²) in [5.41, 5.74) is 0.658. The monoisotopic (exact) mass is 341 g/mol. The predicted molar refractivity (Wildman–Crippen MR) is 94.4 cm³/mol. The van der Waals surface area contributed by atoms with Crippen LogP contribution >= 0.6 is 0 Å². The first-order valence-electron chi connectivity index (χ1n) is 8.97. The number of quaternary nitrogens is 1. The maximum absolute atomic E-state index is 12.2. The third kappa shape index (κ3) is 4.79. The van der Waals surface area contributed by atoms with Gasteiger partial charge in [-0.1, -0.05) is 30.3 Å². The molecule has 0 saturated carbocycles. The first-order chi connectivity index (χ1) is 12.2. The lowest BCUT2D eigenvalue weighted by molar-refractivity contribution is -0.919. The molecule has 25 heavy (non-hydrogen) atoms. The summed E-state index contributed by atoms with van der Waals surface area (Å²) >= 11 is 0. The van der Waals surface area contributed by atoms with Gasteiger partial charge in [0, 0.05) is 31.2 Å². The Bertz CT molecular complexity index is 676.